The Balaban J connectivity index is 1.32. The van der Waals surface area contributed by atoms with Crippen molar-refractivity contribution in [3.8, 4) is 0 Å². The van der Waals surface area contributed by atoms with E-state index in [2.05, 4.69) is 30.5 Å². The number of aromatic nitrogens is 2. The Morgan fingerprint density at radius 1 is 0.970 bits per heavy atom. The number of anilines is 2. The molecule has 2 aromatic heterocycles. The number of carbonyl (C=O) groups is 1. The standard InChI is InChI=1S/C23H19BrF3N5O/c24-16-6-7-19-18(14-16)29-21(20-5-2-8-32(19)20)30-9-11-31(12-10-30)22(33)28-17-4-1-3-15(13-17)23(25,26)27/h1-8,13-14H,9-12H2,(H,28,33). The highest BCUT2D eigenvalue weighted by molar-refractivity contribution is 9.10. The van der Waals surface area contributed by atoms with Gasteiger partial charge in [0, 0.05) is 42.5 Å². The van der Waals surface area contributed by atoms with Gasteiger partial charge in [-0.2, -0.15) is 13.2 Å². The van der Waals surface area contributed by atoms with Crippen LogP contribution in [-0.2, 0) is 6.18 Å². The Hall–Kier alpha value is -3.27. The van der Waals surface area contributed by atoms with Crippen LogP contribution in [-0.4, -0.2) is 46.5 Å². The van der Waals surface area contributed by atoms with E-state index in [1.807, 2.05) is 36.5 Å². The Bertz CT molecular complexity index is 1350. The van der Waals surface area contributed by atoms with Gasteiger partial charge in [0.2, 0.25) is 0 Å². The molecule has 0 radical (unpaired) electrons. The topological polar surface area (TPSA) is 52.9 Å². The summed E-state index contributed by atoms with van der Waals surface area (Å²) < 4.78 is 41.8. The molecule has 1 aliphatic heterocycles. The van der Waals surface area contributed by atoms with Crippen molar-refractivity contribution in [3.05, 3.63) is 70.8 Å². The largest absolute Gasteiger partial charge is 0.416 e. The molecular weight excluding hydrogens is 499 g/mol. The molecule has 0 bridgehead atoms. The Kier molecular flexibility index (Phi) is 5.40. The summed E-state index contributed by atoms with van der Waals surface area (Å²) in [5.74, 6) is 0.837. The van der Waals surface area contributed by atoms with Crippen molar-refractivity contribution in [1.29, 1.82) is 0 Å². The molecule has 0 aliphatic carbocycles. The second-order valence-corrected chi connectivity index (χ2v) is 8.73. The van der Waals surface area contributed by atoms with Gasteiger partial charge in [-0.15, -0.1) is 0 Å². The zero-order valence-corrected chi connectivity index (χ0v) is 18.9. The maximum absolute atomic E-state index is 12.9. The van der Waals surface area contributed by atoms with Crippen molar-refractivity contribution in [2.24, 2.45) is 0 Å². The van der Waals surface area contributed by atoms with Gasteiger partial charge in [0.25, 0.3) is 0 Å². The summed E-state index contributed by atoms with van der Waals surface area (Å²) in [6.45, 7) is 1.97. The van der Waals surface area contributed by atoms with Crippen molar-refractivity contribution >= 4 is 50.0 Å². The molecule has 1 fully saturated rings. The second-order valence-electron chi connectivity index (χ2n) is 7.81. The molecule has 1 saturated heterocycles. The van der Waals surface area contributed by atoms with Crippen molar-refractivity contribution in [1.82, 2.24) is 14.3 Å². The summed E-state index contributed by atoms with van der Waals surface area (Å²) >= 11 is 3.50. The quantitative estimate of drug-likeness (QED) is 0.375. The number of hydrogen-bond donors (Lipinski definition) is 1. The third-order valence-electron chi connectivity index (χ3n) is 5.71. The first-order valence-electron chi connectivity index (χ1n) is 10.3. The molecule has 0 atom stereocenters. The minimum Gasteiger partial charge on any atom is -0.351 e. The van der Waals surface area contributed by atoms with E-state index in [4.69, 9.17) is 4.98 Å². The fourth-order valence-electron chi connectivity index (χ4n) is 4.06. The van der Waals surface area contributed by atoms with E-state index in [0.717, 1.165) is 39.0 Å². The van der Waals surface area contributed by atoms with Crippen LogP contribution in [0.3, 0.4) is 0 Å². The smallest absolute Gasteiger partial charge is 0.351 e. The predicted molar refractivity (Wildman–Crippen MR) is 125 cm³/mol. The molecule has 5 rings (SSSR count). The van der Waals surface area contributed by atoms with E-state index >= 15 is 0 Å². The average Bonchev–Trinajstić information content (AvgIpc) is 3.28. The van der Waals surface area contributed by atoms with Crippen molar-refractivity contribution in [2.45, 2.75) is 6.18 Å². The monoisotopic (exact) mass is 517 g/mol. The summed E-state index contributed by atoms with van der Waals surface area (Å²) in [7, 11) is 0. The number of amides is 2. The molecule has 2 amide bonds. The molecule has 0 saturated carbocycles. The Morgan fingerprint density at radius 2 is 1.76 bits per heavy atom. The fourth-order valence-corrected chi connectivity index (χ4v) is 4.41. The number of piperazine rings is 1. The van der Waals surface area contributed by atoms with E-state index < -0.39 is 17.8 Å². The summed E-state index contributed by atoms with van der Waals surface area (Å²) in [6.07, 6.45) is -2.46. The van der Waals surface area contributed by atoms with Crippen LogP contribution in [0.1, 0.15) is 5.56 Å². The van der Waals surface area contributed by atoms with Gasteiger partial charge in [0.15, 0.2) is 5.82 Å². The molecule has 4 aromatic rings. The minimum atomic E-state index is -4.46. The van der Waals surface area contributed by atoms with E-state index in [9.17, 15) is 18.0 Å². The molecule has 1 N–H and O–H groups in total. The summed E-state index contributed by atoms with van der Waals surface area (Å²) in [6, 6.07) is 14.2. The number of rotatable bonds is 2. The fraction of sp³-hybridized carbons (Fsp3) is 0.217. The van der Waals surface area contributed by atoms with E-state index in [1.54, 1.807) is 4.90 Å². The molecular formula is C23H19BrF3N5O. The second kappa shape index (κ2) is 8.26. The molecule has 2 aromatic carbocycles. The van der Waals surface area contributed by atoms with Crippen LogP contribution >= 0.6 is 15.9 Å². The maximum Gasteiger partial charge on any atom is 0.416 e. The number of nitrogens with zero attached hydrogens (tertiary/aromatic N) is 4. The van der Waals surface area contributed by atoms with Crippen LogP contribution in [0.4, 0.5) is 29.5 Å². The first-order chi connectivity index (χ1) is 15.8. The zero-order valence-electron chi connectivity index (χ0n) is 17.3. The lowest BCUT2D eigenvalue weighted by Crippen LogP contribution is -2.50. The first-order valence-corrected chi connectivity index (χ1v) is 11.1. The molecule has 170 valence electrons. The highest BCUT2D eigenvalue weighted by atomic mass is 79.9. The number of carbonyl (C=O) groups excluding carboxylic acids is 1. The molecule has 10 heteroatoms. The minimum absolute atomic E-state index is 0.119. The van der Waals surface area contributed by atoms with Gasteiger partial charge in [-0.05, 0) is 48.5 Å². The van der Waals surface area contributed by atoms with Crippen LogP contribution in [0.15, 0.2) is 65.3 Å². The van der Waals surface area contributed by atoms with Gasteiger partial charge < -0.3 is 19.5 Å². The van der Waals surface area contributed by atoms with Crippen molar-refractivity contribution < 1.29 is 18.0 Å². The molecule has 33 heavy (non-hydrogen) atoms. The summed E-state index contributed by atoms with van der Waals surface area (Å²) in [5.41, 5.74) is 2.16. The lowest BCUT2D eigenvalue weighted by atomic mass is 10.2. The van der Waals surface area contributed by atoms with Crippen LogP contribution < -0.4 is 10.2 Å². The highest BCUT2D eigenvalue weighted by Gasteiger charge is 2.31. The number of nitrogens with one attached hydrogen (secondary N) is 1. The third-order valence-corrected chi connectivity index (χ3v) is 6.20. The normalized spacial score (nSPS) is 14.8. The van der Waals surface area contributed by atoms with Gasteiger partial charge >= 0.3 is 12.2 Å². The Labute approximate surface area is 195 Å². The van der Waals surface area contributed by atoms with Gasteiger partial charge in [-0.25, -0.2) is 9.78 Å². The number of fused-ring (bicyclic) bond motifs is 3. The molecule has 1 aliphatic rings. The third kappa shape index (κ3) is 4.22. The number of alkyl halides is 3. The molecule has 0 unspecified atom stereocenters. The molecule has 0 spiro atoms. The molecule has 6 nitrogen and oxygen atoms in total. The van der Waals surface area contributed by atoms with Crippen LogP contribution in [0.25, 0.3) is 16.6 Å². The highest BCUT2D eigenvalue weighted by Crippen LogP contribution is 2.31. The number of urea groups is 1. The van der Waals surface area contributed by atoms with E-state index in [-0.39, 0.29) is 5.69 Å². The zero-order chi connectivity index (χ0) is 23.2. The lowest BCUT2D eigenvalue weighted by Gasteiger charge is -2.35. The lowest BCUT2D eigenvalue weighted by molar-refractivity contribution is -0.137. The SMILES string of the molecule is O=C(Nc1cccc(C(F)(F)F)c1)N1CCN(c2nc3cc(Br)ccc3n3cccc23)CC1. The van der Waals surface area contributed by atoms with E-state index in [0.29, 0.717) is 26.2 Å². The summed E-state index contributed by atoms with van der Waals surface area (Å²) in [4.78, 5) is 21.3. The van der Waals surface area contributed by atoms with Gasteiger partial charge in [-0.3, -0.25) is 0 Å². The van der Waals surface area contributed by atoms with Crippen LogP contribution in [0, 0.1) is 0 Å². The van der Waals surface area contributed by atoms with Crippen LogP contribution in [0.5, 0.6) is 0 Å². The van der Waals surface area contributed by atoms with Gasteiger partial charge in [0.05, 0.1) is 22.1 Å². The van der Waals surface area contributed by atoms with E-state index in [1.165, 1.54) is 12.1 Å². The van der Waals surface area contributed by atoms with Crippen molar-refractivity contribution in [3.63, 3.8) is 0 Å². The Morgan fingerprint density at radius 3 is 2.52 bits per heavy atom. The molecule has 3 heterocycles. The number of halogens is 4. The number of benzene rings is 2. The van der Waals surface area contributed by atoms with Crippen molar-refractivity contribution in [2.75, 3.05) is 36.4 Å². The van der Waals surface area contributed by atoms with Gasteiger partial charge in [0.1, 0.15) is 0 Å². The first kappa shape index (κ1) is 21.6. The van der Waals surface area contributed by atoms with Crippen LogP contribution in [0.2, 0.25) is 0 Å². The maximum atomic E-state index is 12.9. The number of hydrogen-bond acceptors (Lipinski definition) is 3. The predicted octanol–water partition coefficient (Wildman–Crippen LogP) is 5.62. The van der Waals surface area contributed by atoms with Gasteiger partial charge in [-0.1, -0.05) is 22.0 Å². The average molecular weight is 518 g/mol. The summed E-state index contributed by atoms with van der Waals surface area (Å²) in [5, 5.41) is 2.58.